The zero-order chi connectivity index (χ0) is 13.7. The Bertz CT molecular complexity index is 528. The molecule has 0 radical (unpaired) electrons. The Morgan fingerprint density at radius 3 is 2.68 bits per heavy atom. The zero-order valence-corrected chi connectivity index (χ0v) is 11.9. The Hall–Kier alpha value is -1.26. The first-order valence-electron chi connectivity index (χ1n) is 6.13. The van der Waals surface area contributed by atoms with Gasteiger partial charge in [0.05, 0.1) is 4.91 Å². The summed E-state index contributed by atoms with van der Waals surface area (Å²) in [6.45, 7) is 0. The molecule has 0 spiro atoms. The van der Waals surface area contributed by atoms with Crippen molar-refractivity contribution in [2.75, 3.05) is 0 Å². The minimum atomic E-state index is -0.285. The van der Waals surface area contributed by atoms with Crippen molar-refractivity contribution in [2.24, 2.45) is 0 Å². The maximum absolute atomic E-state index is 11.3. The van der Waals surface area contributed by atoms with Crippen LogP contribution >= 0.6 is 23.4 Å². The third-order valence-corrected chi connectivity index (χ3v) is 4.06. The highest BCUT2D eigenvalue weighted by Gasteiger charge is 2.24. The molecule has 1 aromatic rings. The second-order valence-corrected chi connectivity index (χ2v) is 5.67. The third-order valence-electron chi connectivity index (χ3n) is 2.83. The van der Waals surface area contributed by atoms with Gasteiger partial charge >= 0.3 is 0 Å². The number of hydrogen-bond acceptors (Lipinski definition) is 3. The third kappa shape index (κ3) is 4.11. The minimum Gasteiger partial charge on any atom is -0.282 e. The van der Waals surface area contributed by atoms with Gasteiger partial charge in [-0.1, -0.05) is 35.9 Å². The molecule has 0 bridgehead atoms. The summed E-state index contributed by atoms with van der Waals surface area (Å²) >= 11 is 7.04. The van der Waals surface area contributed by atoms with Crippen molar-refractivity contribution in [3.05, 3.63) is 45.8 Å². The first-order chi connectivity index (χ1) is 9.16. The van der Waals surface area contributed by atoms with Crippen LogP contribution in [0.3, 0.4) is 0 Å². The second-order valence-electron chi connectivity index (χ2n) is 4.25. The molecule has 1 aliphatic rings. The van der Waals surface area contributed by atoms with Gasteiger partial charge in [-0.25, -0.2) is 0 Å². The highest BCUT2D eigenvalue weighted by atomic mass is 35.5. The van der Waals surface area contributed by atoms with Crippen LogP contribution in [0, 0.1) is 0 Å². The second kappa shape index (κ2) is 6.78. The van der Waals surface area contributed by atoms with Crippen molar-refractivity contribution in [1.29, 1.82) is 0 Å². The number of halogens is 1. The van der Waals surface area contributed by atoms with E-state index < -0.39 is 0 Å². The van der Waals surface area contributed by atoms with Gasteiger partial charge in [0.25, 0.3) is 11.1 Å². The smallest absolute Gasteiger partial charge is 0.282 e. The molecular weight excluding hydrogens is 282 g/mol. The quantitative estimate of drug-likeness (QED) is 0.661. The molecule has 1 aromatic carbocycles. The predicted octanol–water partition coefficient (Wildman–Crippen LogP) is 3.92. The van der Waals surface area contributed by atoms with Crippen LogP contribution in [0.1, 0.15) is 24.8 Å². The molecule has 1 fully saturated rings. The van der Waals surface area contributed by atoms with E-state index in [9.17, 15) is 9.59 Å². The summed E-state index contributed by atoms with van der Waals surface area (Å²) < 4.78 is 0. The van der Waals surface area contributed by atoms with Gasteiger partial charge in [-0.3, -0.25) is 14.9 Å². The van der Waals surface area contributed by atoms with Gasteiger partial charge in [0.2, 0.25) is 0 Å². The van der Waals surface area contributed by atoms with Crippen LogP contribution in [-0.2, 0) is 11.2 Å². The molecule has 0 aliphatic carbocycles. The summed E-state index contributed by atoms with van der Waals surface area (Å²) in [6, 6.07) is 7.82. The van der Waals surface area contributed by atoms with E-state index in [1.54, 1.807) is 0 Å². The molecule has 19 heavy (non-hydrogen) atoms. The number of amides is 2. The lowest BCUT2D eigenvalue weighted by atomic mass is 10.1. The monoisotopic (exact) mass is 295 g/mol. The minimum absolute atomic E-state index is 0.277. The number of benzene rings is 1. The zero-order valence-electron chi connectivity index (χ0n) is 10.3. The van der Waals surface area contributed by atoms with Crippen molar-refractivity contribution >= 4 is 34.5 Å². The van der Waals surface area contributed by atoms with Gasteiger partial charge in [0.15, 0.2) is 0 Å². The van der Waals surface area contributed by atoms with Crippen LogP contribution in [0.25, 0.3) is 0 Å². The van der Waals surface area contributed by atoms with Crippen LogP contribution in [0.2, 0.25) is 5.02 Å². The summed E-state index contributed by atoms with van der Waals surface area (Å²) in [5.41, 5.74) is 1.15. The highest BCUT2D eigenvalue weighted by Crippen LogP contribution is 2.24. The average molecular weight is 296 g/mol. The summed E-state index contributed by atoms with van der Waals surface area (Å²) in [4.78, 5) is 22.7. The van der Waals surface area contributed by atoms with Crippen LogP contribution in [0.15, 0.2) is 35.2 Å². The van der Waals surface area contributed by atoms with Crippen molar-refractivity contribution < 1.29 is 9.59 Å². The Labute approximate surface area is 121 Å². The number of carbonyl (C=O) groups is 2. The van der Waals surface area contributed by atoms with Gasteiger partial charge in [-0.2, -0.15) is 0 Å². The topological polar surface area (TPSA) is 46.2 Å². The molecule has 0 aromatic heterocycles. The van der Waals surface area contributed by atoms with Crippen LogP contribution in [-0.4, -0.2) is 11.1 Å². The van der Waals surface area contributed by atoms with Crippen LogP contribution < -0.4 is 5.32 Å². The Morgan fingerprint density at radius 2 is 2.00 bits per heavy atom. The van der Waals surface area contributed by atoms with Gasteiger partial charge < -0.3 is 0 Å². The van der Waals surface area contributed by atoms with Crippen molar-refractivity contribution in [3.8, 4) is 0 Å². The summed E-state index contributed by atoms with van der Waals surface area (Å²) in [5, 5.41) is 2.76. The van der Waals surface area contributed by atoms with E-state index in [-0.39, 0.29) is 11.1 Å². The first kappa shape index (κ1) is 14.2. The fourth-order valence-corrected chi connectivity index (χ4v) is 2.77. The molecule has 1 N–H and O–H groups in total. The van der Waals surface area contributed by atoms with E-state index in [2.05, 4.69) is 5.32 Å². The van der Waals surface area contributed by atoms with E-state index >= 15 is 0 Å². The van der Waals surface area contributed by atoms with Gasteiger partial charge in [0.1, 0.15) is 0 Å². The van der Waals surface area contributed by atoms with Crippen molar-refractivity contribution in [2.45, 2.75) is 25.7 Å². The number of carbonyl (C=O) groups excluding carboxylic acids is 2. The molecule has 2 amide bonds. The lowest BCUT2D eigenvalue weighted by Gasteiger charge is -2.02. The average Bonchev–Trinajstić information content (AvgIpc) is 2.70. The summed E-state index contributed by atoms with van der Waals surface area (Å²) in [7, 11) is 0. The predicted molar refractivity (Wildman–Crippen MR) is 78.2 cm³/mol. The fourth-order valence-electron chi connectivity index (χ4n) is 1.85. The molecule has 5 heteroatoms. The first-order valence-corrected chi connectivity index (χ1v) is 7.33. The van der Waals surface area contributed by atoms with Crippen molar-refractivity contribution in [3.63, 3.8) is 0 Å². The molecular formula is C14H14ClNO2S. The summed E-state index contributed by atoms with van der Waals surface area (Å²) in [5.74, 6) is -0.277. The molecule has 1 saturated heterocycles. The lowest BCUT2D eigenvalue weighted by molar-refractivity contribution is -0.115. The molecule has 0 saturated carbocycles. The van der Waals surface area contributed by atoms with Gasteiger partial charge in [-0.15, -0.1) is 0 Å². The number of imide groups is 1. The largest absolute Gasteiger partial charge is 0.290 e. The Balaban J connectivity index is 1.73. The Kier molecular flexibility index (Phi) is 5.05. The van der Waals surface area contributed by atoms with Gasteiger partial charge in [-0.05, 0) is 49.1 Å². The number of thioether (sulfide) groups is 1. The lowest BCUT2D eigenvalue weighted by Crippen LogP contribution is -2.17. The van der Waals surface area contributed by atoms with Gasteiger partial charge in [0, 0.05) is 5.02 Å². The SMILES string of the molecule is O=C1NC(=O)C(=CCCCCc2ccccc2Cl)S1. The summed E-state index contributed by atoms with van der Waals surface area (Å²) in [6.07, 6.45) is 5.54. The molecule has 2 rings (SSSR count). The Morgan fingerprint density at radius 1 is 1.21 bits per heavy atom. The fraction of sp³-hybridized carbons (Fsp3) is 0.286. The maximum Gasteiger partial charge on any atom is 0.290 e. The van der Waals surface area contributed by atoms with E-state index in [4.69, 9.17) is 11.6 Å². The van der Waals surface area contributed by atoms with E-state index in [0.717, 1.165) is 48.0 Å². The number of allylic oxidation sites excluding steroid dienone is 1. The number of aryl methyl sites for hydroxylation is 1. The van der Waals surface area contributed by atoms with Crippen LogP contribution in [0.4, 0.5) is 4.79 Å². The maximum atomic E-state index is 11.3. The highest BCUT2D eigenvalue weighted by molar-refractivity contribution is 8.18. The molecule has 1 aliphatic heterocycles. The number of hydrogen-bond donors (Lipinski definition) is 1. The molecule has 0 unspecified atom stereocenters. The normalized spacial score (nSPS) is 17.0. The van der Waals surface area contributed by atoms with Crippen LogP contribution in [0.5, 0.6) is 0 Å². The number of nitrogens with one attached hydrogen (secondary N) is 1. The van der Waals surface area contributed by atoms with E-state index in [1.807, 2.05) is 30.3 Å². The molecule has 0 atom stereocenters. The van der Waals surface area contributed by atoms with E-state index in [1.165, 1.54) is 0 Å². The molecule has 1 heterocycles. The molecule has 3 nitrogen and oxygen atoms in total. The van der Waals surface area contributed by atoms with Crippen molar-refractivity contribution in [1.82, 2.24) is 5.32 Å². The number of rotatable bonds is 5. The van der Waals surface area contributed by atoms with E-state index in [0.29, 0.717) is 4.91 Å². The number of unbranched alkanes of at least 4 members (excludes halogenated alkanes) is 2. The standard InChI is InChI=1S/C14H14ClNO2S/c15-11-8-5-4-7-10(11)6-2-1-3-9-12-13(17)16-14(18)19-12/h4-5,7-9H,1-3,6H2,(H,16,17,18). The molecule has 100 valence electrons.